The summed E-state index contributed by atoms with van der Waals surface area (Å²) in [5.74, 6) is 6.21. The molecule has 0 aliphatic carbocycles. The molecule has 1 aromatic heterocycles. The number of fused-ring (bicyclic) bond motifs is 3. The van der Waals surface area contributed by atoms with Gasteiger partial charge < -0.3 is 5.43 Å². The van der Waals surface area contributed by atoms with Gasteiger partial charge in [0, 0.05) is 10.8 Å². The van der Waals surface area contributed by atoms with Gasteiger partial charge in [0.1, 0.15) is 5.82 Å². The van der Waals surface area contributed by atoms with Gasteiger partial charge in [0.25, 0.3) is 0 Å². The van der Waals surface area contributed by atoms with E-state index in [4.69, 9.17) is 5.84 Å². The van der Waals surface area contributed by atoms with Crippen LogP contribution in [0.2, 0.25) is 0 Å². The van der Waals surface area contributed by atoms with Crippen LogP contribution in [0.3, 0.4) is 0 Å². The number of nitrogens with two attached hydrogens (primary N) is 1. The van der Waals surface area contributed by atoms with E-state index in [2.05, 4.69) is 22.5 Å². The molecular weight excluding hydrogens is 198 g/mol. The predicted octanol–water partition coefficient (Wildman–Crippen LogP) is 2.67. The first kappa shape index (κ1) is 9.12. The van der Waals surface area contributed by atoms with E-state index in [9.17, 15) is 0 Å². The van der Waals surface area contributed by atoms with Crippen LogP contribution in [0.4, 0.5) is 5.82 Å². The van der Waals surface area contributed by atoms with Crippen molar-refractivity contribution >= 4 is 27.5 Å². The van der Waals surface area contributed by atoms with Crippen molar-refractivity contribution in [1.29, 1.82) is 0 Å². The minimum Gasteiger partial charge on any atom is -0.308 e. The number of anilines is 1. The predicted molar refractivity (Wildman–Crippen MR) is 67.1 cm³/mol. The lowest BCUT2D eigenvalue weighted by Crippen LogP contribution is -2.09. The zero-order chi connectivity index (χ0) is 11.0. The van der Waals surface area contributed by atoms with Crippen LogP contribution in [0.5, 0.6) is 0 Å². The average Bonchev–Trinajstić information content (AvgIpc) is 2.38. The minimum atomic E-state index is 0.717. The van der Waals surface area contributed by atoms with E-state index in [1.807, 2.05) is 36.4 Å². The highest BCUT2D eigenvalue weighted by Gasteiger charge is 2.05. The quantitative estimate of drug-likeness (QED) is 0.368. The Labute approximate surface area is 92.9 Å². The molecule has 0 spiro atoms. The lowest BCUT2D eigenvalue weighted by molar-refractivity contribution is 1.28. The third kappa shape index (κ3) is 1.22. The van der Waals surface area contributed by atoms with Crippen molar-refractivity contribution in [3.05, 3.63) is 48.5 Å². The first-order valence-electron chi connectivity index (χ1n) is 5.14. The van der Waals surface area contributed by atoms with Crippen molar-refractivity contribution in [3.8, 4) is 0 Å². The Balaban J connectivity index is 2.57. The number of nitrogen functional groups attached to an aromatic ring is 1. The maximum atomic E-state index is 5.49. The molecule has 16 heavy (non-hydrogen) atoms. The Hall–Kier alpha value is -2.13. The zero-order valence-corrected chi connectivity index (χ0v) is 8.64. The van der Waals surface area contributed by atoms with Gasteiger partial charge in [-0.2, -0.15) is 0 Å². The largest absolute Gasteiger partial charge is 0.308 e. The zero-order valence-electron chi connectivity index (χ0n) is 8.64. The summed E-state index contributed by atoms with van der Waals surface area (Å²) in [5, 5.41) is 3.36. The second-order valence-corrected chi connectivity index (χ2v) is 3.67. The average molecular weight is 209 g/mol. The molecule has 0 unspecified atom stereocenters. The summed E-state index contributed by atoms with van der Waals surface area (Å²) in [6, 6.07) is 16.2. The van der Waals surface area contributed by atoms with E-state index in [1.165, 1.54) is 5.39 Å². The number of hydrogen-bond acceptors (Lipinski definition) is 3. The highest BCUT2D eigenvalue weighted by atomic mass is 15.2. The van der Waals surface area contributed by atoms with Crippen LogP contribution >= 0.6 is 0 Å². The maximum absolute atomic E-state index is 5.49. The number of benzene rings is 2. The molecule has 0 saturated heterocycles. The Kier molecular flexibility index (Phi) is 1.98. The van der Waals surface area contributed by atoms with Crippen LogP contribution < -0.4 is 11.3 Å². The van der Waals surface area contributed by atoms with E-state index in [1.54, 1.807) is 0 Å². The number of para-hydroxylation sites is 1. The highest BCUT2D eigenvalue weighted by molar-refractivity contribution is 6.09. The lowest BCUT2D eigenvalue weighted by Gasteiger charge is -2.08. The summed E-state index contributed by atoms with van der Waals surface area (Å²) in [6.45, 7) is 0. The maximum Gasteiger partial charge on any atom is 0.148 e. The van der Waals surface area contributed by atoms with Gasteiger partial charge in [0.15, 0.2) is 0 Å². The molecule has 0 saturated carbocycles. The first-order valence-corrected chi connectivity index (χ1v) is 5.14. The Morgan fingerprint density at radius 1 is 0.812 bits per heavy atom. The molecule has 0 fully saturated rings. The molecule has 3 N–H and O–H groups in total. The van der Waals surface area contributed by atoms with Crippen molar-refractivity contribution in [3.63, 3.8) is 0 Å². The molecule has 3 heteroatoms. The number of hydrogen-bond donors (Lipinski definition) is 2. The third-order valence-electron chi connectivity index (χ3n) is 2.75. The van der Waals surface area contributed by atoms with Gasteiger partial charge in [-0.1, -0.05) is 42.5 Å². The van der Waals surface area contributed by atoms with E-state index in [0.29, 0.717) is 5.82 Å². The van der Waals surface area contributed by atoms with Crippen molar-refractivity contribution in [2.24, 2.45) is 5.84 Å². The van der Waals surface area contributed by atoms with E-state index in [-0.39, 0.29) is 0 Å². The smallest absolute Gasteiger partial charge is 0.148 e. The molecule has 3 nitrogen and oxygen atoms in total. The van der Waals surface area contributed by atoms with Gasteiger partial charge in [0.05, 0.1) is 5.52 Å². The van der Waals surface area contributed by atoms with Gasteiger partial charge in [-0.3, -0.25) is 0 Å². The van der Waals surface area contributed by atoms with E-state index >= 15 is 0 Å². The molecule has 2 aromatic carbocycles. The number of hydrazine groups is 1. The molecule has 3 rings (SSSR count). The van der Waals surface area contributed by atoms with Crippen LogP contribution in [0, 0.1) is 0 Å². The third-order valence-corrected chi connectivity index (χ3v) is 2.75. The summed E-state index contributed by atoms with van der Waals surface area (Å²) in [7, 11) is 0. The van der Waals surface area contributed by atoms with Crippen molar-refractivity contribution < 1.29 is 0 Å². The number of rotatable bonds is 1. The fraction of sp³-hybridized carbons (Fsp3) is 0. The lowest BCUT2D eigenvalue weighted by atomic mass is 10.1. The fourth-order valence-electron chi connectivity index (χ4n) is 2.01. The van der Waals surface area contributed by atoms with Crippen LogP contribution in [0.15, 0.2) is 48.5 Å². The molecule has 0 bridgehead atoms. The summed E-state index contributed by atoms with van der Waals surface area (Å²) in [4.78, 5) is 4.49. The van der Waals surface area contributed by atoms with Crippen molar-refractivity contribution in [1.82, 2.24) is 4.98 Å². The number of nitrogens with zero attached hydrogens (tertiary/aromatic N) is 1. The molecule has 0 atom stereocenters. The normalized spacial score (nSPS) is 10.8. The summed E-state index contributed by atoms with van der Waals surface area (Å²) >= 11 is 0. The SMILES string of the molecule is NNc1nc2ccccc2c2ccccc12. The molecule has 3 aromatic rings. The van der Waals surface area contributed by atoms with Crippen molar-refractivity contribution in [2.45, 2.75) is 0 Å². The van der Waals surface area contributed by atoms with Crippen LogP contribution in [0.25, 0.3) is 21.7 Å². The van der Waals surface area contributed by atoms with Crippen LogP contribution in [-0.4, -0.2) is 4.98 Å². The number of aromatic nitrogens is 1. The fourth-order valence-corrected chi connectivity index (χ4v) is 2.01. The summed E-state index contributed by atoms with van der Waals surface area (Å²) in [5.41, 5.74) is 3.60. The highest BCUT2D eigenvalue weighted by Crippen LogP contribution is 2.28. The number of pyridine rings is 1. The van der Waals surface area contributed by atoms with Crippen molar-refractivity contribution in [2.75, 3.05) is 5.43 Å². The second kappa shape index (κ2) is 3.47. The van der Waals surface area contributed by atoms with Gasteiger partial charge in [-0.15, -0.1) is 0 Å². The monoisotopic (exact) mass is 209 g/mol. The summed E-state index contributed by atoms with van der Waals surface area (Å²) in [6.07, 6.45) is 0. The van der Waals surface area contributed by atoms with Gasteiger partial charge in [0.2, 0.25) is 0 Å². The van der Waals surface area contributed by atoms with Crippen LogP contribution in [0.1, 0.15) is 0 Å². The molecular formula is C13H11N3. The molecule has 78 valence electrons. The minimum absolute atomic E-state index is 0.717. The van der Waals surface area contributed by atoms with Gasteiger partial charge in [-0.25, -0.2) is 10.8 Å². The first-order chi connectivity index (χ1) is 7.90. The number of nitrogens with one attached hydrogen (secondary N) is 1. The summed E-state index contributed by atoms with van der Waals surface area (Å²) < 4.78 is 0. The Morgan fingerprint density at radius 3 is 2.19 bits per heavy atom. The van der Waals surface area contributed by atoms with Gasteiger partial charge >= 0.3 is 0 Å². The molecule has 1 heterocycles. The standard InChI is InChI=1S/C13H11N3/c14-16-13-11-7-2-1-5-9(11)10-6-3-4-8-12(10)15-13/h1-8H,14H2,(H,15,16). The Bertz CT molecular complexity index is 661. The molecule has 0 radical (unpaired) electrons. The van der Waals surface area contributed by atoms with Crippen LogP contribution in [-0.2, 0) is 0 Å². The van der Waals surface area contributed by atoms with E-state index in [0.717, 1.165) is 16.3 Å². The molecule has 0 amide bonds. The molecule has 0 aliphatic heterocycles. The topological polar surface area (TPSA) is 50.9 Å². The van der Waals surface area contributed by atoms with E-state index < -0.39 is 0 Å². The molecule has 0 aliphatic rings. The second-order valence-electron chi connectivity index (χ2n) is 3.67. The Morgan fingerprint density at radius 2 is 1.44 bits per heavy atom. The van der Waals surface area contributed by atoms with Gasteiger partial charge in [-0.05, 0) is 11.5 Å².